The van der Waals surface area contributed by atoms with Gasteiger partial charge >= 0.3 is 5.22 Å². The van der Waals surface area contributed by atoms with Crippen LogP contribution in [0, 0.1) is 0 Å². The Morgan fingerprint density at radius 2 is 1.79 bits per heavy atom. The van der Waals surface area contributed by atoms with E-state index in [1.807, 2.05) is 30.3 Å². The van der Waals surface area contributed by atoms with Crippen LogP contribution in [-0.2, 0) is 16.3 Å². The number of amides is 1. The lowest BCUT2D eigenvalue weighted by Crippen LogP contribution is -2.30. The Balaban J connectivity index is 1.90. The maximum absolute atomic E-state index is 12.5. The van der Waals surface area contributed by atoms with E-state index in [4.69, 9.17) is 4.42 Å². The van der Waals surface area contributed by atoms with Crippen molar-refractivity contribution in [3.05, 3.63) is 71.9 Å². The number of nitrogens with one attached hydrogen (secondary N) is 1. The summed E-state index contributed by atoms with van der Waals surface area (Å²) >= 11 is 0. The molecule has 9 heteroatoms. The first-order valence-electron chi connectivity index (χ1n) is 8.71. The van der Waals surface area contributed by atoms with Gasteiger partial charge in [0.2, 0.25) is 15.7 Å². The second kappa shape index (κ2) is 8.30. The Labute approximate surface area is 162 Å². The zero-order valence-electron chi connectivity index (χ0n) is 15.4. The molecular weight excluding hydrogens is 380 g/mol. The molecule has 0 aliphatic carbocycles. The van der Waals surface area contributed by atoms with Gasteiger partial charge in [-0.1, -0.05) is 41.5 Å². The number of aromatic nitrogens is 3. The maximum Gasteiger partial charge on any atom is 0.335 e. The summed E-state index contributed by atoms with van der Waals surface area (Å²) in [6, 6.07) is 13.7. The summed E-state index contributed by atoms with van der Waals surface area (Å²) < 4.78 is 30.0. The average Bonchev–Trinajstić information content (AvgIpc) is 3.20. The second-order valence-corrected chi connectivity index (χ2v) is 8.81. The highest BCUT2D eigenvalue weighted by Crippen LogP contribution is 2.21. The molecule has 2 heterocycles. The number of nitrogens with zero attached hydrogens (tertiary/aromatic N) is 3. The van der Waals surface area contributed by atoms with Crippen LogP contribution in [0.4, 0.5) is 0 Å². The van der Waals surface area contributed by atoms with Crippen LogP contribution in [0.15, 0.2) is 64.4 Å². The Morgan fingerprint density at radius 3 is 2.43 bits per heavy atom. The van der Waals surface area contributed by atoms with Gasteiger partial charge < -0.3 is 9.73 Å². The standard InChI is InChI=1S/C19H20N4O4S/c1-13(2)28(25,26)19-23-22-18(27-19)16(12-14-8-4-3-5-9-14)21-17(24)15-10-6-7-11-20-15/h3-11,13,16H,12H2,1-2H3,(H,21,24)/t16-/m0/s1. The molecule has 1 N–H and O–H groups in total. The molecule has 1 amide bonds. The third kappa shape index (κ3) is 4.42. The molecule has 28 heavy (non-hydrogen) atoms. The number of hydrogen-bond acceptors (Lipinski definition) is 7. The Morgan fingerprint density at radius 1 is 1.07 bits per heavy atom. The van der Waals surface area contributed by atoms with E-state index in [1.54, 1.807) is 18.2 Å². The van der Waals surface area contributed by atoms with Crippen LogP contribution < -0.4 is 5.32 Å². The molecule has 0 aliphatic heterocycles. The van der Waals surface area contributed by atoms with Crippen molar-refractivity contribution in [2.45, 2.75) is 36.8 Å². The fourth-order valence-electron chi connectivity index (χ4n) is 2.46. The van der Waals surface area contributed by atoms with E-state index in [0.29, 0.717) is 6.42 Å². The van der Waals surface area contributed by atoms with Gasteiger partial charge in [-0.05, 0) is 31.5 Å². The van der Waals surface area contributed by atoms with Crippen molar-refractivity contribution in [2.75, 3.05) is 0 Å². The lowest BCUT2D eigenvalue weighted by molar-refractivity contribution is 0.0924. The monoisotopic (exact) mass is 400 g/mol. The Kier molecular flexibility index (Phi) is 5.84. The molecule has 0 saturated carbocycles. The lowest BCUT2D eigenvalue weighted by Gasteiger charge is -2.15. The number of carbonyl (C=O) groups excluding carboxylic acids is 1. The second-order valence-electron chi connectivity index (χ2n) is 6.43. The van der Waals surface area contributed by atoms with E-state index in [0.717, 1.165) is 5.56 Å². The van der Waals surface area contributed by atoms with Crippen molar-refractivity contribution in [3.8, 4) is 0 Å². The molecule has 8 nitrogen and oxygen atoms in total. The molecule has 0 saturated heterocycles. The third-order valence-electron chi connectivity index (χ3n) is 4.07. The van der Waals surface area contributed by atoms with Crippen LogP contribution in [0.1, 0.15) is 41.8 Å². The first kappa shape index (κ1) is 19.7. The number of rotatable bonds is 7. The highest BCUT2D eigenvalue weighted by molar-refractivity contribution is 7.91. The number of benzene rings is 1. The predicted molar refractivity (Wildman–Crippen MR) is 101 cm³/mol. The van der Waals surface area contributed by atoms with Crippen LogP contribution in [0.3, 0.4) is 0 Å². The van der Waals surface area contributed by atoms with Crippen LogP contribution in [-0.4, -0.2) is 34.8 Å². The molecular formula is C19H20N4O4S. The lowest BCUT2D eigenvalue weighted by atomic mass is 10.1. The summed E-state index contributed by atoms with van der Waals surface area (Å²) in [7, 11) is -3.71. The molecule has 0 bridgehead atoms. The summed E-state index contributed by atoms with van der Waals surface area (Å²) in [4.78, 5) is 16.6. The maximum atomic E-state index is 12.5. The van der Waals surface area contributed by atoms with Gasteiger partial charge in [-0.15, -0.1) is 5.10 Å². The Bertz CT molecular complexity index is 1030. The third-order valence-corrected chi connectivity index (χ3v) is 5.96. The number of pyridine rings is 1. The molecule has 0 radical (unpaired) electrons. The molecule has 3 rings (SSSR count). The minimum atomic E-state index is -3.71. The fraction of sp³-hybridized carbons (Fsp3) is 0.263. The zero-order valence-corrected chi connectivity index (χ0v) is 16.3. The smallest absolute Gasteiger partial charge is 0.335 e. The average molecular weight is 400 g/mol. The highest BCUT2D eigenvalue weighted by atomic mass is 32.2. The van der Waals surface area contributed by atoms with Gasteiger partial charge in [0, 0.05) is 12.6 Å². The molecule has 0 fully saturated rings. The molecule has 1 atom stereocenters. The van der Waals surface area contributed by atoms with Crippen molar-refractivity contribution in [1.29, 1.82) is 0 Å². The first-order chi connectivity index (χ1) is 13.4. The SMILES string of the molecule is CC(C)S(=O)(=O)c1nnc([C@H](Cc2ccccc2)NC(=O)c2ccccn2)o1. The van der Waals surface area contributed by atoms with E-state index in [9.17, 15) is 13.2 Å². The van der Waals surface area contributed by atoms with Crippen molar-refractivity contribution in [3.63, 3.8) is 0 Å². The van der Waals surface area contributed by atoms with E-state index in [1.165, 1.54) is 20.0 Å². The van der Waals surface area contributed by atoms with Gasteiger partial charge in [0.1, 0.15) is 11.7 Å². The first-order valence-corrected chi connectivity index (χ1v) is 10.3. The van der Waals surface area contributed by atoms with Crippen molar-refractivity contribution < 1.29 is 17.6 Å². The van der Waals surface area contributed by atoms with Gasteiger partial charge in [0.05, 0.1) is 5.25 Å². The van der Waals surface area contributed by atoms with Crippen molar-refractivity contribution >= 4 is 15.7 Å². The Hall–Kier alpha value is -3.07. The summed E-state index contributed by atoms with van der Waals surface area (Å²) in [5.74, 6) is -0.402. The van der Waals surface area contributed by atoms with E-state index >= 15 is 0 Å². The van der Waals surface area contributed by atoms with Crippen LogP contribution in [0.25, 0.3) is 0 Å². The zero-order chi connectivity index (χ0) is 20.1. The summed E-state index contributed by atoms with van der Waals surface area (Å²) in [6.07, 6.45) is 1.86. The predicted octanol–water partition coefficient (Wildman–Crippen LogP) is 2.36. The largest absolute Gasteiger partial charge is 0.410 e. The molecule has 1 aromatic carbocycles. The quantitative estimate of drug-likeness (QED) is 0.647. The highest BCUT2D eigenvalue weighted by Gasteiger charge is 2.29. The minimum absolute atomic E-state index is 0.0207. The van der Waals surface area contributed by atoms with Crippen LogP contribution >= 0.6 is 0 Å². The van der Waals surface area contributed by atoms with Gasteiger partial charge in [-0.25, -0.2) is 8.42 Å². The molecule has 3 aromatic rings. The normalized spacial score (nSPS) is 12.7. The van der Waals surface area contributed by atoms with Crippen molar-refractivity contribution in [1.82, 2.24) is 20.5 Å². The van der Waals surface area contributed by atoms with E-state index in [-0.39, 0.29) is 11.6 Å². The molecule has 0 spiro atoms. The molecule has 146 valence electrons. The van der Waals surface area contributed by atoms with Gasteiger partial charge in [0.25, 0.3) is 5.91 Å². The van der Waals surface area contributed by atoms with Gasteiger partial charge in [0.15, 0.2) is 0 Å². The number of hydrogen-bond donors (Lipinski definition) is 1. The fourth-order valence-corrected chi connectivity index (χ4v) is 3.22. The molecule has 0 aliphatic rings. The van der Waals surface area contributed by atoms with Crippen LogP contribution in [0.2, 0.25) is 0 Å². The topological polar surface area (TPSA) is 115 Å². The number of carbonyl (C=O) groups is 1. The number of sulfone groups is 1. The summed E-state index contributed by atoms with van der Waals surface area (Å²) in [5, 5.41) is 9.20. The van der Waals surface area contributed by atoms with Crippen LogP contribution in [0.5, 0.6) is 0 Å². The van der Waals surface area contributed by atoms with E-state index < -0.39 is 32.3 Å². The summed E-state index contributed by atoms with van der Waals surface area (Å²) in [6.45, 7) is 3.06. The van der Waals surface area contributed by atoms with Gasteiger partial charge in [-0.2, -0.15) is 0 Å². The van der Waals surface area contributed by atoms with Crippen molar-refractivity contribution in [2.24, 2.45) is 0 Å². The summed E-state index contributed by atoms with van der Waals surface area (Å²) in [5.41, 5.74) is 1.15. The van der Waals surface area contributed by atoms with Gasteiger partial charge in [-0.3, -0.25) is 9.78 Å². The minimum Gasteiger partial charge on any atom is -0.410 e. The van der Waals surface area contributed by atoms with E-state index in [2.05, 4.69) is 20.5 Å². The molecule has 2 aromatic heterocycles. The molecule has 0 unspecified atom stereocenters.